The number of benzene rings is 1. The Bertz CT molecular complexity index is 235. The highest BCUT2D eigenvalue weighted by atomic mass is 16.9. The highest BCUT2D eigenvalue weighted by molar-refractivity contribution is 5.30. The summed E-state index contributed by atoms with van der Waals surface area (Å²) in [5.74, 6) is 0.639. The summed E-state index contributed by atoms with van der Waals surface area (Å²) in [5, 5.41) is 10.3. The van der Waals surface area contributed by atoms with E-state index in [1.165, 1.54) is 7.05 Å². The Hall–Kier alpha value is -1.06. The van der Waals surface area contributed by atoms with Crippen LogP contribution in [0.3, 0.4) is 0 Å². The van der Waals surface area contributed by atoms with E-state index in [4.69, 9.17) is 4.84 Å². The largest absolute Gasteiger partial charge is 0.591 e. The van der Waals surface area contributed by atoms with E-state index in [1.54, 1.807) is 6.07 Å². The Kier molecular flexibility index (Phi) is 2.46. The molecule has 0 spiro atoms. The Balaban J connectivity index is 2.78. The van der Waals surface area contributed by atoms with Gasteiger partial charge in [0.05, 0.1) is 0 Å². The number of aryl methyl sites for hydroxylation is 1. The molecule has 60 valence electrons. The third-order valence-electron chi connectivity index (χ3n) is 1.35. The fourth-order valence-electron chi connectivity index (χ4n) is 0.826. The highest BCUT2D eigenvalue weighted by Gasteiger charge is 1.98. The van der Waals surface area contributed by atoms with Crippen molar-refractivity contribution >= 4 is 0 Å². The van der Waals surface area contributed by atoms with Crippen molar-refractivity contribution in [3.8, 4) is 5.75 Å². The standard InChI is InChI=1S/C8H11NO2/c1-7-5-3-4-6-8(7)11-9(2)10/h3-6,9H,1-2H3. The second-order valence-corrected chi connectivity index (χ2v) is 2.36. The Morgan fingerprint density at radius 3 is 2.55 bits per heavy atom. The zero-order valence-electron chi connectivity index (χ0n) is 6.63. The molecule has 0 saturated carbocycles. The summed E-state index contributed by atoms with van der Waals surface area (Å²) in [7, 11) is 1.40. The van der Waals surface area contributed by atoms with Crippen molar-refractivity contribution < 1.29 is 10.1 Å². The van der Waals surface area contributed by atoms with E-state index in [9.17, 15) is 5.21 Å². The van der Waals surface area contributed by atoms with Crippen LogP contribution in [-0.2, 0) is 0 Å². The van der Waals surface area contributed by atoms with E-state index in [0.717, 1.165) is 5.56 Å². The summed E-state index contributed by atoms with van der Waals surface area (Å²) in [6, 6.07) is 7.42. The van der Waals surface area contributed by atoms with Gasteiger partial charge in [-0.25, -0.2) is 0 Å². The van der Waals surface area contributed by atoms with E-state index in [0.29, 0.717) is 5.75 Å². The van der Waals surface area contributed by atoms with Crippen LogP contribution in [0.4, 0.5) is 0 Å². The lowest BCUT2D eigenvalue weighted by molar-refractivity contribution is -1.00. The fourth-order valence-corrected chi connectivity index (χ4v) is 0.826. The van der Waals surface area contributed by atoms with Crippen LogP contribution < -0.4 is 10.1 Å². The molecule has 0 bridgehead atoms. The monoisotopic (exact) mass is 153 g/mol. The van der Waals surface area contributed by atoms with Gasteiger partial charge in [-0.05, 0) is 18.6 Å². The zero-order chi connectivity index (χ0) is 8.27. The van der Waals surface area contributed by atoms with Crippen LogP contribution in [0.15, 0.2) is 24.3 Å². The van der Waals surface area contributed by atoms with Crippen LogP contribution in [-0.4, -0.2) is 7.05 Å². The molecule has 0 aliphatic rings. The maximum Gasteiger partial charge on any atom is 0.193 e. The van der Waals surface area contributed by atoms with Crippen molar-refractivity contribution in [1.82, 2.24) is 0 Å². The molecule has 0 aromatic heterocycles. The number of para-hydroxylation sites is 1. The first kappa shape index (κ1) is 8.04. The van der Waals surface area contributed by atoms with Gasteiger partial charge in [-0.1, -0.05) is 18.2 Å². The number of hydroxylamine groups is 2. The number of nitrogens with one attached hydrogen (secondary N) is 1. The average molecular weight is 153 g/mol. The normalized spacial score (nSPS) is 12.6. The summed E-state index contributed by atoms with van der Waals surface area (Å²) in [6.45, 7) is 1.90. The Morgan fingerprint density at radius 1 is 1.36 bits per heavy atom. The van der Waals surface area contributed by atoms with E-state index in [2.05, 4.69) is 0 Å². The first-order chi connectivity index (χ1) is 5.20. The maximum atomic E-state index is 10.5. The Morgan fingerprint density at radius 2 is 2.00 bits per heavy atom. The number of quaternary nitrogens is 1. The second kappa shape index (κ2) is 3.37. The molecular formula is C8H11NO2. The molecule has 0 radical (unpaired) electrons. The minimum Gasteiger partial charge on any atom is -0.591 e. The van der Waals surface area contributed by atoms with Crippen LogP contribution in [0.25, 0.3) is 0 Å². The van der Waals surface area contributed by atoms with Crippen LogP contribution in [0, 0.1) is 12.1 Å². The quantitative estimate of drug-likeness (QED) is 0.620. The van der Waals surface area contributed by atoms with Gasteiger partial charge in [0.1, 0.15) is 7.05 Å². The lowest BCUT2D eigenvalue weighted by atomic mass is 10.2. The summed E-state index contributed by atoms with van der Waals surface area (Å²) >= 11 is 0. The van der Waals surface area contributed by atoms with Crippen LogP contribution in [0.2, 0.25) is 0 Å². The molecule has 1 rings (SSSR count). The van der Waals surface area contributed by atoms with Gasteiger partial charge in [-0.2, -0.15) is 5.23 Å². The lowest BCUT2D eigenvalue weighted by Gasteiger charge is -2.15. The maximum absolute atomic E-state index is 10.5. The first-order valence-electron chi connectivity index (χ1n) is 3.44. The first-order valence-corrected chi connectivity index (χ1v) is 3.44. The molecule has 0 amide bonds. The van der Waals surface area contributed by atoms with Gasteiger partial charge >= 0.3 is 0 Å². The molecule has 1 unspecified atom stereocenters. The van der Waals surface area contributed by atoms with Crippen molar-refractivity contribution in [2.45, 2.75) is 6.92 Å². The fraction of sp³-hybridized carbons (Fsp3) is 0.250. The Labute approximate surface area is 65.7 Å². The molecule has 1 aromatic rings. The SMILES string of the molecule is Cc1ccccc1O[NH+](C)[O-]. The van der Waals surface area contributed by atoms with Crippen LogP contribution >= 0.6 is 0 Å². The van der Waals surface area contributed by atoms with Gasteiger partial charge in [0.2, 0.25) is 0 Å². The number of hydrogen-bond donors (Lipinski definition) is 1. The van der Waals surface area contributed by atoms with Gasteiger partial charge in [-0.15, -0.1) is 0 Å². The number of rotatable bonds is 2. The van der Waals surface area contributed by atoms with Crippen molar-refractivity contribution in [3.05, 3.63) is 35.0 Å². The molecule has 1 atom stereocenters. The minimum absolute atomic E-state index is 0.278. The third-order valence-corrected chi connectivity index (χ3v) is 1.35. The molecule has 0 aliphatic carbocycles. The van der Waals surface area contributed by atoms with Gasteiger partial charge in [-0.3, -0.25) is 0 Å². The molecule has 1 aromatic carbocycles. The summed E-state index contributed by atoms with van der Waals surface area (Å²) in [6.07, 6.45) is 0. The molecule has 3 heteroatoms. The van der Waals surface area contributed by atoms with Crippen molar-refractivity contribution in [2.75, 3.05) is 7.05 Å². The zero-order valence-corrected chi connectivity index (χ0v) is 6.63. The summed E-state index contributed by atoms with van der Waals surface area (Å²) < 4.78 is 0. The smallest absolute Gasteiger partial charge is 0.193 e. The van der Waals surface area contributed by atoms with Gasteiger partial charge in [0, 0.05) is 0 Å². The van der Waals surface area contributed by atoms with Crippen molar-refractivity contribution in [3.63, 3.8) is 0 Å². The van der Waals surface area contributed by atoms with Crippen molar-refractivity contribution in [1.29, 1.82) is 0 Å². The molecule has 0 saturated heterocycles. The number of hydrogen-bond acceptors (Lipinski definition) is 2. The molecular weight excluding hydrogens is 142 g/mol. The van der Waals surface area contributed by atoms with E-state index in [-0.39, 0.29) is 5.23 Å². The van der Waals surface area contributed by atoms with E-state index in [1.807, 2.05) is 25.1 Å². The minimum atomic E-state index is -0.278. The molecule has 1 N–H and O–H groups in total. The predicted octanol–water partition coefficient (Wildman–Crippen LogP) is 0.301. The highest BCUT2D eigenvalue weighted by Crippen LogP contribution is 2.13. The van der Waals surface area contributed by atoms with E-state index < -0.39 is 0 Å². The van der Waals surface area contributed by atoms with Gasteiger partial charge in [0.25, 0.3) is 0 Å². The van der Waals surface area contributed by atoms with Gasteiger partial charge < -0.3 is 10.0 Å². The van der Waals surface area contributed by atoms with Gasteiger partial charge in [0.15, 0.2) is 5.75 Å². The summed E-state index contributed by atoms with van der Waals surface area (Å²) in [4.78, 5) is 4.91. The second-order valence-electron chi connectivity index (χ2n) is 2.36. The van der Waals surface area contributed by atoms with Crippen LogP contribution in [0.1, 0.15) is 5.56 Å². The van der Waals surface area contributed by atoms with Crippen LogP contribution in [0.5, 0.6) is 5.75 Å². The topological polar surface area (TPSA) is 36.7 Å². The third kappa shape index (κ3) is 2.22. The average Bonchev–Trinajstić information content (AvgIpc) is 1.93. The molecule has 0 fully saturated rings. The van der Waals surface area contributed by atoms with E-state index >= 15 is 0 Å². The molecule has 3 nitrogen and oxygen atoms in total. The molecule has 0 heterocycles. The molecule has 0 aliphatic heterocycles. The summed E-state index contributed by atoms with van der Waals surface area (Å²) in [5.41, 5.74) is 0.975. The molecule has 11 heavy (non-hydrogen) atoms. The van der Waals surface area contributed by atoms with Crippen molar-refractivity contribution in [2.24, 2.45) is 0 Å². The predicted molar refractivity (Wildman–Crippen MR) is 42.1 cm³/mol. The lowest BCUT2D eigenvalue weighted by Crippen LogP contribution is -3.06.